The first-order chi connectivity index (χ1) is 13.3. The number of aliphatic hydroxyl groups excluding tert-OH is 1. The third-order valence-corrected chi connectivity index (χ3v) is 5.81. The first-order valence-corrected chi connectivity index (χ1v) is 9.77. The van der Waals surface area contributed by atoms with Gasteiger partial charge in [0.25, 0.3) is 0 Å². The lowest BCUT2D eigenvalue weighted by atomic mass is 9.97. The molecule has 0 saturated carbocycles. The van der Waals surface area contributed by atoms with E-state index in [1.165, 1.54) is 0 Å². The third kappa shape index (κ3) is 4.97. The van der Waals surface area contributed by atoms with E-state index in [2.05, 4.69) is 10.3 Å². The van der Waals surface area contributed by atoms with Gasteiger partial charge in [0.1, 0.15) is 11.5 Å². The topological polar surface area (TPSA) is 63.1 Å². The summed E-state index contributed by atoms with van der Waals surface area (Å²) in [5.74, 6) is 0. The number of fused-ring (bicyclic) bond motifs is 1. The standard InChI is InChI=1S/C18H22F4N2O3S/c1-23-17-24-14-12(25)8-13(27-16(14)28-17)15(18(20,21)22)26-9-11-4-2-10(3-5-11)6-7-19/h2-5,12-16,25H,6-9H2,1H3,(H,23,24)/t12-,13-,14+,15+,16+/m0/s1. The van der Waals surface area contributed by atoms with Gasteiger partial charge in [-0.15, -0.1) is 0 Å². The van der Waals surface area contributed by atoms with Crippen molar-refractivity contribution >= 4 is 16.9 Å². The van der Waals surface area contributed by atoms with Crippen LogP contribution in [0.5, 0.6) is 0 Å². The lowest BCUT2D eigenvalue weighted by Crippen LogP contribution is -2.53. The molecule has 5 atom stereocenters. The summed E-state index contributed by atoms with van der Waals surface area (Å²) in [6.45, 7) is -0.762. The molecular formula is C18H22F4N2O3S. The van der Waals surface area contributed by atoms with Crippen molar-refractivity contribution in [2.24, 2.45) is 4.99 Å². The second-order valence-electron chi connectivity index (χ2n) is 6.67. The summed E-state index contributed by atoms with van der Waals surface area (Å²) in [7, 11) is 1.65. The number of ether oxygens (including phenoxy) is 2. The highest BCUT2D eigenvalue weighted by Crippen LogP contribution is 2.40. The van der Waals surface area contributed by atoms with E-state index < -0.39 is 42.6 Å². The van der Waals surface area contributed by atoms with Crippen molar-refractivity contribution in [2.45, 2.75) is 55.4 Å². The number of rotatable bonds is 6. The molecule has 2 aliphatic heterocycles. The zero-order valence-corrected chi connectivity index (χ0v) is 16.0. The Morgan fingerprint density at radius 3 is 2.61 bits per heavy atom. The molecule has 0 aliphatic carbocycles. The van der Waals surface area contributed by atoms with Crippen LogP contribution in [0.25, 0.3) is 0 Å². The largest absolute Gasteiger partial charge is 0.417 e. The highest BCUT2D eigenvalue weighted by molar-refractivity contribution is 8.14. The van der Waals surface area contributed by atoms with Crippen LogP contribution in [-0.4, -0.2) is 60.0 Å². The van der Waals surface area contributed by atoms with Gasteiger partial charge in [0.2, 0.25) is 0 Å². The molecule has 3 rings (SSSR count). The monoisotopic (exact) mass is 422 g/mol. The van der Waals surface area contributed by atoms with E-state index in [0.29, 0.717) is 10.7 Å². The van der Waals surface area contributed by atoms with Gasteiger partial charge in [-0.2, -0.15) is 13.2 Å². The lowest BCUT2D eigenvalue weighted by Gasteiger charge is -2.38. The van der Waals surface area contributed by atoms with Crippen molar-refractivity contribution in [1.29, 1.82) is 0 Å². The van der Waals surface area contributed by atoms with Crippen LogP contribution in [0.3, 0.4) is 0 Å². The number of aliphatic imine (C=N–C) groups is 1. The number of halogens is 4. The fourth-order valence-corrected chi connectivity index (χ4v) is 4.32. The average molecular weight is 422 g/mol. The molecule has 1 fully saturated rings. The molecule has 0 radical (unpaired) electrons. The minimum absolute atomic E-state index is 0.220. The van der Waals surface area contributed by atoms with Gasteiger partial charge in [0.15, 0.2) is 11.3 Å². The molecule has 5 nitrogen and oxygen atoms in total. The number of thioether (sulfide) groups is 1. The normalized spacial score (nSPS) is 28.6. The van der Waals surface area contributed by atoms with E-state index in [1.54, 1.807) is 31.3 Å². The first kappa shape index (κ1) is 21.4. The van der Waals surface area contributed by atoms with Gasteiger partial charge >= 0.3 is 6.18 Å². The average Bonchev–Trinajstić information content (AvgIpc) is 3.06. The number of nitrogens with zero attached hydrogens (tertiary/aromatic N) is 1. The molecule has 1 aromatic rings. The second kappa shape index (κ2) is 8.98. The molecule has 1 aromatic carbocycles. The number of aryl methyl sites for hydroxylation is 1. The van der Waals surface area contributed by atoms with Crippen LogP contribution in [-0.2, 0) is 22.5 Å². The molecule has 0 aromatic heterocycles. The number of benzene rings is 1. The van der Waals surface area contributed by atoms with Gasteiger partial charge in [-0.3, -0.25) is 9.38 Å². The minimum atomic E-state index is -4.65. The lowest BCUT2D eigenvalue weighted by molar-refractivity contribution is -0.267. The quantitative estimate of drug-likeness (QED) is 0.691. The Labute approximate surface area is 164 Å². The highest BCUT2D eigenvalue weighted by atomic mass is 32.2. The molecule has 2 heterocycles. The Balaban J connectivity index is 1.66. The molecule has 0 amide bonds. The maximum atomic E-state index is 13.6. The van der Waals surface area contributed by atoms with E-state index in [4.69, 9.17) is 9.47 Å². The third-order valence-electron chi connectivity index (χ3n) is 4.66. The number of amidine groups is 1. The zero-order valence-electron chi connectivity index (χ0n) is 15.2. The van der Waals surface area contributed by atoms with E-state index >= 15 is 0 Å². The van der Waals surface area contributed by atoms with Crippen LogP contribution < -0.4 is 5.32 Å². The van der Waals surface area contributed by atoms with Gasteiger partial charge in [-0.1, -0.05) is 36.0 Å². The predicted molar refractivity (Wildman–Crippen MR) is 97.9 cm³/mol. The Kier molecular flexibility index (Phi) is 6.85. The fourth-order valence-electron chi connectivity index (χ4n) is 3.22. The summed E-state index contributed by atoms with van der Waals surface area (Å²) in [6.07, 6.45) is -9.16. The van der Waals surface area contributed by atoms with Crippen LogP contribution >= 0.6 is 11.8 Å². The summed E-state index contributed by atoms with van der Waals surface area (Å²) in [5.41, 5.74) is 0.619. The minimum Gasteiger partial charge on any atom is -0.391 e. The molecule has 0 spiro atoms. The second-order valence-corrected chi connectivity index (χ2v) is 7.75. The maximum Gasteiger partial charge on any atom is 0.417 e. The molecule has 1 saturated heterocycles. The molecule has 28 heavy (non-hydrogen) atoms. The number of aliphatic hydroxyl groups is 1. The van der Waals surface area contributed by atoms with Crippen LogP contribution in [0.4, 0.5) is 17.6 Å². The van der Waals surface area contributed by atoms with E-state index in [1.807, 2.05) is 0 Å². The summed E-state index contributed by atoms with van der Waals surface area (Å²) >= 11 is 1.15. The van der Waals surface area contributed by atoms with Crippen molar-refractivity contribution in [1.82, 2.24) is 5.32 Å². The van der Waals surface area contributed by atoms with E-state index in [9.17, 15) is 22.7 Å². The van der Waals surface area contributed by atoms with E-state index in [0.717, 1.165) is 17.3 Å². The molecule has 10 heteroatoms. The molecule has 0 bridgehead atoms. The fraction of sp³-hybridized carbons (Fsp3) is 0.611. The molecule has 2 aliphatic rings. The molecule has 156 valence electrons. The van der Waals surface area contributed by atoms with Crippen molar-refractivity contribution in [3.05, 3.63) is 35.4 Å². The van der Waals surface area contributed by atoms with Gasteiger partial charge in [-0.05, 0) is 11.1 Å². The number of hydrogen-bond donors (Lipinski definition) is 2. The van der Waals surface area contributed by atoms with Crippen LogP contribution in [0, 0.1) is 0 Å². The number of alkyl halides is 4. The van der Waals surface area contributed by atoms with Crippen LogP contribution in [0.1, 0.15) is 17.5 Å². The van der Waals surface area contributed by atoms with E-state index in [-0.39, 0.29) is 19.4 Å². The van der Waals surface area contributed by atoms with Crippen molar-refractivity contribution < 1.29 is 32.1 Å². The molecule has 0 unspecified atom stereocenters. The number of nitrogens with one attached hydrogen (secondary N) is 1. The smallest absolute Gasteiger partial charge is 0.391 e. The van der Waals surface area contributed by atoms with Gasteiger partial charge < -0.3 is 19.9 Å². The van der Waals surface area contributed by atoms with Crippen LogP contribution in [0.2, 0.25) is 0 Å². The summed E-state index contributed by atoms with van der Waals surface area (Å²) in [4.78, 5) is 4.23. The summed E-state index contributed by atoms with van der Waals surface area (Å²) in [5, 5.41) is 13.6. The first-order valence-electron chi connectivity index (χ1n) is 8.89. The van der Waals surface area contributed by atoms with Crippen molar-refractivity contribution in [3.63, 3.8) is 0 Å². The maximum absolute atomic E-state index is 13.6. The molecule has 2 N–H and O–H groups in total. The molecular weight excluding hydrogens is 400 g/mol. The van der Waals surface area contributed by atoms with Gasteiger partial charge in [0.05, 0.1) is 25.5 Å². The predicted octanol–water partition coefficient (Wildman–Crippen LogP) is 2.81. The Morgan fingerprint density at radius 2 is 2.00 bits per heavy atom. The summed E-state index contributed by atoms with van der Waals surface area (Å²) < 4.78 is 64.0. The van der Waals surface area contributed by atoms with Crippen molar-refractivity contribution in [3.8, 4) is 0 Å². The summed E-state index contributed by atoms with van der Waals surface area (Å²) in [6, 6.07) is 5.96. The zero-order chi connectivity index (χ0) is 20.3. The highest BCUT2D eigenvalue weighted by Gasteiger charge is 2.52. The Morgan fingerprint density at radius 1 is 1.32 bits per heavy atom. The van der Waals surface area contributed by atoms with Gasteiger partial charge in [0, 0.05) is 19.9 Å². The van der Waals surface area contributed by atoms with Gasteiger partial charge in [-0.25, -0.2) is 0 Å². The Bertz CT molecular complexity index is 686. The number of hydrogen-bond acceptors (Lipinski definition) is 6. The Hall–Kier alpha value is -1.36. The van der Waals surface area contributed by atoms with Crippen molar-refractivity contribution in [2.75, 3.05) is 13.7 Å². The van der Waals surface area contributed by atoms with Crippen LogP contribution in [0.15, 0.2) is 29.3 Å². The SMILES string of the molecule is CNC1=N[C@H]2[C@H](O[C@H]([C@@H](OCc3ccc(CCF)cc3)C(F)(F)F)C[C@@H]2O)S1.